The maximum atomic E-state index is 5.68. The van der Waals surface area contributed by atoms with E-state index in [-0.39, 0.29) is 12.4 Å². The zero-order valence-corrected chi connectivity index (χ0v) is 11.8. The van der Waals surface area contributed by atoms with Gasteiger partial charge in [-0.25, -0.2) is 0 Å². The molecule has 0 spiro atoms. The Bertz CT molecular complexity index is 256. The molecule has 0 N–H and O–H groups in total. The molecule has 104 valence electrons. The van der Waals surface area contributed by atoms with Crippen molar-refractivity contribution >= 4 is 11.6 Å². The van der Waals surface area contributed by atoms with E-state index >= 15 is 0 Å². The van der Waals surface area contributed by atoms with Gasteiger partial charge in [0.25, 0.3) is 0 Å². The van der Waals surface area contributed by atoms with Crippen LogP contribution in [-0.2, 0) is 14.2 Å². The number of methoxy groups -OCH3 is 1. The van der Waals surface area contributed by atoms with Gasteiger partial charge in [-0.1, -0.05) is 17.7 Å². The van der Waals surface area contributed by atoms with Crippen molar-refractivity contribution in [1.29, 1.82) is 0 Å². The van der Waals surface area contributed by atoms with Gasteiger partial charge in [-0.05, 0) is 43.9 Å². The van der Waals surface area contributed by atoms with Gasteiger partial charge in [0.15, 0.2) is 6.29 Å². The van der Waals surface area contributed by atoms with Crippen molar-refractivity contribution in [2.24, 2.45) is 11.8 Å². The third kappa shape index (κ3) is 3.70. The van der Waals surface area contributed by atoms with E-state index in [1.54, 1.807) is 12.6 Å². The van der Waals surface area contributed by atoms with Gasteiger partial charge < -0.3 is 14.2 Å². The smallest absolute Gasteiger partial charge is 0.183 e. The number of rotatable bonds is 4. The summed E-state index contributed by atoms with van der Waals surface area (Å²) in [7, 11) is 1.76. The van der Waals surface area contributed by atoms with Gasteiger partial charge in [-0.15, -0.1) is 0 Å². The number of ether oxygens (including phenoxy) is 3. The van der Waals surface area contributed by atoms with E-state index in [4.69, 9.17) is 25.8 Å². The molecule has 1 unspecified atom stereocenters. The van der Waals surface area contributed by atoms with Crippen LogP contribution in [-0.4, -0.2) is 32.7 Å². The van der Waals surface area contributed by atoms with Gasteiger partial charge >= 0.3 is 0 Å². The van der Waals surface area contributed by atoms with Crippen LogP contribution in [0.15, 0.2) is 11.6 Å². The third-order valence-corrected chi connectivity index (χ3v) is 4.16. The molecule has 0 aromatic heterocycles. The zero-order valence-electron chi connectivity index (χ0n) is 11.0. The SMILES string of the molecule is COC(C1CCC(C=CCl)CC1)C1OCCCO1. The third-order valence-electron chi connectivity index (χ3n) is 4.02. The van der Waals surface area contributed by atoms with Crippen LogP contribution >= 0.6 is 11.6 Å². The molecule has 1 heterocycles. The van der Waals surface area contributed by atoms with Crippen molar-refractivity contribution < 1.29 is 14.2 Å². The lowest BCUT2D eigenvalue weighted by Gasteiger charge is -2.37. The van der Waals surface area contributed by atoms with E-state index in [0.29, 0.717) is 11.8 Å². The van der Waals surface area contributed by atoms with Crippen molar-refractivity contribution in [2.75, 3.05) is 20.3 Å². The summed E-state index contributed by atoms with van der Waals surface area (Å²) < 4.78 is 17.0. The maximum Gasteiger partial charge on any atom is 0.183 e. The molecule has 1 atom stereocenters. The summed E-state index contributed by atoms with van der Waals surface area (Å²) in [5, 5.41) is 0. The second-order valence-corrected chi connectivity index (χ2v) is 5.41. The van der Waals surface area contributed by atoms with E-state index in [9.17, 15) is 0 Å². The van der Waals surface area contributed by atoms with Crippen molar-refractivity contribution in [1.82, 2.24) is 0 Å². The summed E-state index contributed by atoms with van der Waals surface area (Å²) in [6.07, 6.45) is 7.68. The zero-order chi connectivity index (χ0) is 12.8. The summed E-state index contributed by atoms with van der Waals surface area (Å²) in [5.41, 5.74) is 1.64. The van der Waals surface area contributed by atoms with E-state index in [0.717, 1.165) is 32.5 Å². The molecular weight excluding hydrogens is 252 g/mol. The summed E-state index contributed by atoms with van der Waals surface area (Å²) in [4.78, 5) is 0. The molecule has 1 aliphatic heterocycles. The highest BCUT2D eigenvalue weighted by Crippen LogP contribution is 2.34. The molecule has 2 fully saturated rings. The second-order valence-electron chi connectivity index (χ2n) is 5.16. The first-order valence-electron chi connectivity index (χ1n) is 6.88. The van der Waals surface area contributed by atoms with E-state index in [1.165, 1.54) is 12.8 Å². The molecule has 1 aliphatic carbocycles. The number of hydrogen-bond acceptors (Lipinski definition) is 3. The van der Waals surface area contributed by atoms with Crippen molar-refractivity contribution in [2.45, 2.75) is 44.5 Å². The average Bonchev–Trinajstić information content (AvgIpc) is 2.43. The van der Waals surface area contributed by atoms with E-state index < -0.39 is 0 Å². The number of allylic oxidation sites excluding steroid dienone is 1. The van der Waals surface area contributed by atoms with Gasteiger partial charge in [0, 0.05) is 12.6 Å². The second kappa shape index (κ2) is 7.49. The highest BCUT2D eigenvalue weighted by molar-refractivity contribution is 6.25. The van der Waals surface area contributed by atoms with Crippen LogP contribution in [0.2, 0.25) is 0 Å². The van der Waals surface area contributed by atoms with Crippen LogP contribution < -0.4 is 0 Å². The summed E-state index contributed by atoms with van der Waals surface area (Å²) >= 11 is 5.64. The fraction of sp³-hybridized carbons (Fsp3) is 0.857. The molecule has 0 bridgehead atoms. The Kier molecular flexibility index (Phi) is 5.96. The van der Waals surface area contributed by atoms with Crippen LogP contribution in [0.5, 0.6) is 0 Å². The quantitative estimate of drug-likeness (QED) is 0.787. The lowest BCUT2D eigenvalue weighted by molar-refractivity contribution is -0.240. The molecule has 0 amide bonds. The molecular formula is C14H23ClO3. The molecule has 2 rings (SSSR count). The monoisotopic (exact) mass is 274 g/mol. The maximum absolute atomic E-state index is 5.68. The largest absolute Gasteiger partial charge is 0.376 e. The first kappa shape index (κ1) is 14.3. The van der Waals surface area contributed by atoms with Crippen LogP contribution in [0.3, 0.4) is 0 Å². The molecule has 18 heavy (non-hydrogen) atoms. The predicted octanol–water partition coefficient (Wildman–Crippen LogP) is 3.32. The van der Waals surface area contributed by atoms with Gasteiger partial charge in [0.2, 0.25) is 0 Å². The molecule has 0 aromatic rings. The summed E-state index contributed by atoms with van der Waals surface area (Å²) in [6, 6.07) is 0. The highest BCUT2D eigenvalue weighted by Gasteiger charge is 2.34. The van der Waals surface area contributed by atoms with E-state index in [2.05, 4.69) is 6.08 Å². The normalized spacial score (nSPS) is 32.8. The summed E-state index contributed by atoms with van der Waals surface area (Å²) in [6.45, 7) is 1.57. The van der Waals surface area contributed by atoms with Crippen molar-refractivity contribution in [3.05, 3.63) is 11.6 Å². The molecule has 4 heteroatoms. The molecule has 0 aromatic carbocycles. The Morgan fingerprint density at radius 1 is 1.17 bits per heavy atom. The Labute approximate surface area is 114 Å². The van der Waals surface area contributed by atoms with Crippen molar-refractivity contribution in [3.8, 4) is 0 Å². The Balaban J connectivity index is 1.85. The predicted molar refractivity (Wildman–Crippen MR) is 71.5 cm³/mol. The first-order valence-corrected chi connectivity index (χ1v) is 7.31. The fourth-order valence-electron chi connectivity index (χ4n) is 2.99. The van der Waals surface area contributed by atoms with Gasteiger partial charge in [-0.2, -0.15) is 0 Å². The van der Waals surface area contributed by atoms with Crippen molar-refractivity contribution in [3.63, 3.8) is 0 Å². The highest BCUT2D eigenvalue weighted by atomic mass is 35.5. The fourth-order valence-corrected chi connectivity index (χ4v) is 3.20. The Morgan fingerprint density at radius 2 is 1.83 bits per heavy atom. The summed E-state index contributed by atoms with van der Waals surface area (Å²) in [5.74, 6) is 1.17. The Hall–Kier alpha value is -0.0900. The average molecular weight is 275 g/mol. The molecule has 3 nitrogen and oxygen atoms in total. The molecule has 1 saturated carbocycles. The minimum absolute atomic E-state index is 0.0752. The van der Waals surface area contributed by atoms with Gasteiger partial charge in [-0.3, -0.25) is 0 Å². The lowest BCUT2D eigenvalue weighted by atomic mass is 9.79. The van der Waals surface area contributed by atoms with Crippen LogP contribution in [0.1, 0.15) is 32.1 Å². The minimum atomic E-state index is -0.172. The van der Waals surface area contributed by atoms with Crippen LogP contribution in [0.4, 0.5) is 0 Å². The topological polar surface area (TPSA) is 27.7 Å². The lowest BCUT2D eigenvalue weighted by Crippen LogP contribution is -2.43. The Morgan fingerprint density at radius 3 is 2.39 bits per heavy atom. The molecule has 1 saturated heterocycles. The van der Waals surface area contributed by atoms with E-state index in [1.807, 2.05) is 0 Å². The van der Waals surface area contributed by atoms with Gasteiger partial charge in [0.05, 0.1) is 13.2 Å². The van der Waals surface area contributed by atoms with Crippen LogP contribution in [0, 0.1) is 11.8 Å². The molecule has 2 aliphatic rings. The minimum Gasteiger partial charge on any atom is -0.376 e. The van der Waals surface area contributed by atoms with Crippen LogP contribution in [0.25, 0.3) is 0 Å². The number of halogens is 1. The standard InChI is InChI=1S/C14H23ClO3/c1-16-13(14-17-9-2-10-18-14)12-5-3-11(4-6-12)7-8-15/h7-8,11-14H,2-6,9-10H2,1H3. The number of hydrogen-bond donors (Lipinski definition) is 0. The first-order chi connectivity index (χ1) is 8.85. The van der Waals surface area contributed by atoms with Gasteiger partial charge in [0.1, 0.15) is 6.10 Å². The molecule has 0 radical (unpaired) electrons.